The molecular formula is C26H28ClN3O. The summed E-state index contributed by atoms with van der Waals surface area (Å²) in [5.41, 5.74) is 4.21. The van der Waals surface area contributed by atoms with Gasteiger partial charge in [0, 0.05) is 49.0 Å². The Morgan fingerprint density at radius 3 is 2.13 bits per heavy atom. The molecule has 0 radical (unpaired) electrons. The lowest BCUT2D eigenvalue weighted by atomic mass is 10.0. The van der Waals surface area contributed by atoms with E-state index in [9.17, 15) is 4.79 Å². The van der Waals surface area contributed by atoms with Gasteiger partial charge < -0.3 is 10.2 Å². The predicted octanol–water partition coefficient (Wildman–Crippen LogP) is 4.95. The van der Waals surface area contributed by atoms with E-state index in [4.69, 9.17) is 11.6 Å². The molecule has 1 aliphatic heterocycles. The number of hydrogen-bond acceptors (Lipinski definition) is 3. The zero-order valence-corrected chi connectivity index (χ0v) is 18.4. The summed E-state index contributed by atoms with van der Waals surface area (Å²) >= 11 is 5.98. The first-order valence-electron chi connectivity index (χ1n) is 10.9. The highest BCUT2D eigenvalue weighted by atomic mass is 35.5. The van der Waals surface area contributed by atoms with Crippen molar-refractivity contribution in [2.75, 3.05) is 44.2 Å². The number of rotatable bonds is 7. The van der Waals surface area contributed by atoms with Crippen LogP contribution in [-0.4, -0.2) is 50.1 Å². The first-order chi connectivity index (χ1) is 15.2. The van der Waals surface area contributed by atoms with Crippen molar-refractivity contribution in [3.63, 3.8) is 0 Å². The number of anilines is 1. The minimum atomic E-state index is -0.00725. The summed E-state index contributed by atoms with van der Waals surface area (Å²) in [7, 11) is 0. The van der Waals surface area contributed by atoms with Gasteiger partial charge in [0.05, 0.1) is 0 Å². The Labute approximate surface area is 189 Å². The first-order valence-corrected chi connectivity index (χ1v) is 11.2. The van der Waals surface area contributed by atoms with E-state index in [2.05, 4.69) is 39.4 Å². The van der Waals surface area contributed by atoms with Gasteiger partial charge in [0.15, 0.2) is 0 Å². The Morgan fingerprint density at radius 1 is 0.806 bits per heavy atom. The molecule has 1 heterocycles. The van der Waals surface area contributed by atoms with Crippen molar-refractivity contribution in [1.29, 1.82) is 0 Å². The summed E-state index contributed by atoms with van der Waals surface area (Å²) in [6.07, 6.45) is 0.953. The van der Waals surface area contributed by atoms with Crippen LogP contribution >= 0.6 is 11.6 Å². The number of hydrogen-bond donors (Lipinski definition) is 1. The Bertz CT molecular complexity index is 966. The average Bonchev–Trinajstić information content (AvgIpc) is 2.83. The molecule has 0 atom stereocenters. The molecule has 5 heteroatoms. The second-order valence-corrected chi connectivity index (χ2v) is 8.29. The molecule has 0 spiro atoms. The van der Waals surface area contributed by atoms with Gasteiger partial charge in [-0.2, -0.15) is 0 Å². The molecule has 4 nitrogen and oxygen atoms in total. The predicted molar refractivity (Wildman–Crippen MR) is 129 cm³/mol. The largest absolute Gasteiger partial charge is 0.369 e. The molecule has 1 saturated heterocycles. The lowest BCUT2D eigenvalue weighted by molar-refractivity contribution is 0.0951. The van der Waals surface area contributed by atoms with Crippen LogP contribution in [0.2, 0.25) is 5.02 Å². The molecule has 0 aromatic heterocycles. The van der Waals surface area contributed by atoms with Crippen LogP contribution in [0.15, 0.2) is 78.9 Å². The van der Waals surface area contributed by atoms with Gasteiger partial charge in [0.2, 0.25) is 0 Å². The van der Waals surface area contributed by atoms with Gasteiger partial charge in [0.25, 0.3) is 5.91 Å². The van der Waals surface area contributed by atoms with Crippen molar-refractivity contribution in [3.8, 4) is 11.1 Å². The molecule has 31 heavy (non-hydrogen) atoms. The van der Waals surface area contributed by atoms with Crippen molar-refractivity contribution < 1.29 is 4.79 Å². The number of piperazine rings is 1. The normalized spacial score (nSPS) is 14.4. The van der Waals surface area contributed by atoms with Crippen LogP contribution in [0, 0.1) is 0 Å². The number of nitrogens with one attached hydrogen (secondary N) is 1. The van der Waals surface area contributed by atoms with Crippen LogP contribution in [0.25, 0.3) is 11.1 Å². The van der Waals surface area contributed by atoms with Gasteiger partial charge in [-0.3, -0.25) is 9.69 Å². The zero-order valence-electron chi connectivity index (χ0n) is 17.6. The molecule has 0 aliphatic carbocycles. The molecule has 1 amide bonds. The number of nitrogens with zero attached hydrogens (tertiary/aromatic N) is 2. The third-order valence-corrected chi connectivity index (χ3v) is 6.01. The number of carbonyl (C=O) groups is 1. The molecule has 1 fully saturated rings. The van der Waals surface area contributed by atoms with Gasteiger partial charge in [-0.25, -0.2) is 0 Å². The van der Waals surface area contributed by atoms with Gasteiger partial charge in [-0.15, -0.1) is 0 Å². The Hall–Kier alpha value is -2.82. The van der Waals surface area contributed by atoms with E-state index in [1.165, 1.54) is 5.69 Å². The van der Waals surface area contributed by atoms with Crippen molar-refractivity contribution >= 4 is 23.2 Å². The van der Waals surface area contributed by atoms with Crippen molar-refractivity contribution in [2.45, 2.75) is 6.42 Å². The average molecular weight is 434 g/mol. The van der Waals surface area contributed by atoms with E-state index in [1.807, 2.05) is 54.6 Å². The van der Waals surface area contributed by atoms with Crippen LogP contribution in [0.1, 0.15) is 16.8 Å². The van der Waals surface area contributed by atoms with E-state index < -0.39 is 0 Å². The lowest BCUT2D eigenvalue weighted by Gasteiger charge is -2.36. The fraction of sp³-hybridized carbons (Fsp3) is 0.269. The fourth-order valence-electron chi connectivity index (χ4n) is 3.93. The smallest absolute Gasteiger partial charge is 0.251 e. The number of carbonyl (C=O) groups excluding carboxylic acids is 1. The Balaban J connectivity index is 1.16. The molecule has 3 aromatic rings. The molecular weight excluding hydrogens is 406 g/mol. The fourth-order valence-corrected chi connectivity index (χ4v) is 4.06. The van der Waals surface area contributed by atoms with Crippen LogP contribution < -0.4 is 10.2 Å². The molecule has 0 saturated carbocycles. The molecule has 0 unspecified atom stereocenters. The standard InChI is InChI=1S/C26H28ClN3O/c27-24-11-13-25(14-12-24)30-19-17-29(18-20-30)16-4-15-28-26(31)23-9-7-22(8-10-23)21-5-2-1-3-6-21/h1-3,5-14H,4,15-20H2,(H,28,31). The number of halogens is 1. The second-order valence-electron chi connectivity index (χ2n) is 7.86. The summed E-state index contributed by atoms with van der Waals surface area (Å²) < 4.78 is 0. The van der Waals surface area contributed by atoms with E-state index in [-0.39, 0.29) is 5.91 Å². The summed E-state index contributed by atoms with van der Waals surface area (Å²) in [5.74, 6) is -0.00725. The zero-order chi connectivity index (χ0) is 21.5. The van der Waals surface area contributed by atoms with Gasteiger partial charge in [0.1, 0.15) is 0 Å². The topological polar surface area (TPSA) is 35.6 Å². The summed E-state index contributed by atoms with van der Waals surface area (Å²) in [6.45, 7) is 5.80. The Kier molecular flexibility index (Phi) is 7.23. The van der Waals surface area contributed by atoms with Crippen LogP contribution in [0.5, 0.6) is 0 Å². The maximum Gasteiger partial charge on any atom is 0.251 e. The maximum atomic E-state index is 12.4. The molecule has 0 bridgehead atoms. The van der Waals surface area contributed by atoms with E-state index in [1.54, 1.807) is 0 Å². The quantitative estimate of drug-likeness (QED) is 0.535. The molecule has 1 N–H and O–H groups in total. The Morgan fingerprint density at radius 2 is 1.45 bits per heavy atom. The lowest BCUT2D eigenvalue weighted by Crippen LogP contribution is -2.47. The van der Waals surface area contributed by atoms with Gasteiger partial charge >= 0.3 is 0 Å². The van der Waals surface area contributed by atoms with Crippen LogP contribution in [0.3, 0.4) is 0 Å². The SMILES string of the molecule is O=C(NCCCN1CCN(c2ccc(Cl)cc2)CC1)c1ccc(-c2ccccc2)cc1. The minimum absolute atomic E-state index is 0.00725. The molecule has 4 rings (SSSR count). The third-order valence-electron chi connectivity index (χ3n) is 5.75. The third kappa shape index (κ3) is 5.87. The maximum absolute atomic E-state index is 12.4. The van der Waals surface area contributed by atoms with Crippen LogP contribution in [0.4, 0.5) is 5.69 Å². The highest BCUT2D eigenvalue weighted by Crippen LogP contribution is 2.20. The van der Waals surface area contributed by atoms with Crippen LogP contribution in [-0.2, 0) is 0 Å². The molecule has 160 valence electrons. The van der Waals surface area contributed by atoms with Crippen molar-refractivity contribution in [3.05, 3.63) is 89.4 Å². The monoisotopic (exact) mass is 433 g/mol. The number of benzene rings is 3. The summed E-state index contributed by atoms with van der Waals surface area (Å²) in [6, 6.07) is 26.1. The highest BCUT2D eigenvalue weighted by molar-refractivity contribution is 6.30. The van der Waals surface area contributed by atoms with E-state index in [0.29, 0.717) is 12.1 Å². The van der Waals surface area contributed by atoms with E-state index >= 15 is 0 Å². The highest BCUT2D eigenvalue weighted by Gasteiger charge is 2.16. The minimum Gasteiger partial charge on any atom is -0.369 e. The number of amides is 1. The second kappa shape index (κ2) is 10.5. The van der Waals surface area contributed by atoms with Crippen molar-refractivity contribution in [2.24, 2.45) is 0 Å². The first kappa shape index (κ1) is 21.4. The summed E-state index contributed by atoms with van der Waals surface area (Å²) in [5, 5.41) is 3.82. The molecule has 3 aromatic carbocycles. The van der Waals surface area contributed by atoms with Crippen molar-refractivity contribution in [1.82, 2.24) is 10.2 Å². The van der Waals surface area contributed by atoms with Gasteiger partial charge in [-0.1, -0.05) is 54.1 Å². The summed E-state index contributed by atoms with van der Waals surface area (Å²) in [4.78, 5) is 17.3. The van der Waals surface area contributed by atoms with Gasteiger partial charge in [-0.05, 0) is 60.5 Å². The van der Waals surface area contributed by atoms with E-state index in [0.717, 1.165) is 55.3 Å². The molecule has 1 aliphatic rings.